The monoisotopic (exact) mass is 1720 g/mol. The van der Waals surface area contributed by atoms with E-state index in [1.165, 1.54) is 90.9 Å². The van der Waals surface area contributed by atoms with Crippen LogP contribution in [0, 0.1) is 50.4 Å². The lowest BCUT2D eigenvalue weighted by molar-refractivity contribution is 0.0250. The van der Waals surface area contributed by atoms with Gasteiger partial charge >= 0.3 is 0 Å². The molecule has 3 aliphatic rings. The van der Waals surface area contributed by atoms with Gasteiger partial charge in [-0.3, -0.25) is 4.99 Å². The van der Waals surface area contributed by atoms with Crippen LogP contribution in [0.5, 0.6) is 0 Å². The van der Waals surface area contributed by atoms with Gasteiger partial charge in [0.15, 0.2) is 6.39 Å². The van der Waals surface area contributed by atoms with Crippen molar-refractivity contribution in [3.8, 4) is 18.4 Å². The van der Waals surface area contributed by atoms with Gasteiger partial charge in [-0.2, -0.15) is 5.26 Å². The molecule has 0 amide bonds. The van der Waals surface area contributed by atoms with Crippen molar-refractivity contribution in [1.82, 2.24) is 9.97 Å². The molecule has 7 aromatic carbocycles. The summed E-state index contributed by atoms with van der Waals surface area (Å²) >= 11 is 0. The first-order valence-corrected chi connectivity index (χ1v) is 46.5. The zero-order chi connectivity index (χ0) is 94.8. The molecule has 686 valence electrons. The van der Waals surface area contributed by atoms with Crippen LogP contribution in [0.15, 0.2) is 197 Å². The van der Waals surface area contributed by atoms with Crippen LogP contribution in [0.4, 0.5) is 29.1 Å². The van der Waals surface area contributed by atoms with Gasteiger partial charge in [-0.1, -0.05) is 324 Å². The fourth-order valence-corrected chi connectivity index (χ4v) is 16.5. The van der Waals surface area contributed by atoms with Gasteiger partial charge in [-0.05, 0) is 238 Å². The molecule has 0 saturated carbocycles. The number of terminal acetylenes is 1. The molecule has 12 rings (SSSR count). The van der Waals surface area contributed by atoms with Crippen molar-refractivity contribution < 1.29 is 32.2 Å². The molecule has 2 N–H and O–H groups in total. The summed E-state index contributed by atoms with van der Waals surface area (Å²) in [5.74, 6) is 5.47. The smallest absolute Gasteiger partial charge is 0.266 e. The summed E-state index contributed by atoms with van der Waals surface area (Å²) < 4.78 is 58.0. The standard InChI is InChI=1S/C14H17NO.C14H22O.C14H18.C13H17F2N.C13H20.C12H16F2N2.C12H18O.C11H19N.C10H11N/c1-10(2)12-6-4-5-7-13(12)11(3)14-8-15-9-16-14;1-9(2)12-7-6-8-13(11(5)15)14(12)10(3)4;1-6-12(5)14-9-11(4)7-8-13(14)10(2)3;1-10(2)11-5-3-4-6-12(11)16-8-7-13(14,15)9-16;1-9(2)12-7-6-11(5)8-13(12)10(3)4;1-9(2)10-4-3-6-15-11(10)16-7-5-12(13,14)8-16;1-8(2)11-7-5-6-9(3)12(11)10(4)13;1-5-9-7-12-10(6-2)11(9)8(3)4;1-8(2)10-5-3-4-9(6-10)7-11/h4-11H,1-3H3;6-11,15H,1-5H3;1,7-10,12H,2-5H3;3-6,10H,7-9H2,1-2H3;6-10H,1-5H3;3-4,6,9H,5,7-8H2,1-2H3;5-8,10,13H,1-4H3;8H,5-7H2,1-4H3;3-6,8H,1-2H3. The Morgan fingerprint density at radius 1 is 0.452 bits per heavy atom. The summed E-state index contributed by atoms with van der Waals surface area (Å²) in [4.78, 5) is 16.3. The summed E-state index contributed by atoms with van der Waals surface area (Å²) in [7, 11) is 0. The summed E-state index contributed by atoms with van der Waals surface area (Å²) in [6.07, 6.45) is 11.8. The zero-order valence-corrected chi connectivity index (χ0v) is 82.8. The van der Waals surface area contributed by atoms with E-state index in [0.29, 0.717) is 78.2 Å². The number of hydrogen-bond donors (Lipinski definition) is 2. The van der Waals surface area contributed by atoms with E-state index in [4.69, 9.17) is 16.1 Å². The molecule has 9 nitrogen and oxygen atoms in total. The van der Waals surface area contributed by atoms with E-state index in [1.54, 1.807) is 33.3 Å². The third-order valence-electron chi connectivity index (χ3n) is 23.4. The number of aliphatic imine (C=N–C) groups is 1. The Hall–Kier alpha value is -9.40. The summed E-state index contributed by atoms with van der Waals surface area (Å²) in [6, 6.07) is 55.9. The Morgan fingerprint density at radius 3 is 1.36 bits per heavy atom. The number of benzene rings is 7. The van der Waals surface area contributed by atoms with Crippen molar-refractivity contribution in [1.29, 1.82) is 5.26 Å². The number of anilines is 2. The summed E-state index contributed by atoms with van der Waals surface area (Å²) in [5, 5.41) is 28.0. The minimum absolute atomic E-state index is 0.0283. The maximum Gasteiger partial charge on any atom is 0.266 e. The zero-order valence-electron chi connectivity index (χ0n) is 82.8. The van der Waals surface area contributed by atoms with Crippen LogP contribution < -0.4 is 9.80 Å². The van der Waals surface area contributed by atoms with Crippen LogP contribution in [0.2, 0.25) is 0 Å². The first kappa shape index (κ1) is 109. The normalized spacial score (nSPS) is 14.7. The van der Waals surface area contributed by atoms with E-state index in [2.05, 4.69) is 300 Å². The van der Waals surface area contributed by atoms with E-state index < -0.39 is 11.8 Å². The SMILES string of the molecule is C#CC(C)c1cc(C)ccc1C(C)C.CC(C)c1cccc(C#N)c1.CC(C)c1cccc(C(C)O)c1C(C)C.CC(C)c1ccccc1C(C)c1cnco1.CC(C)c1ccccc1N1CCC(F)(F)C1.CC(C)c1cccnc1N1CCC(F)(F)C1.CCC1=NCC(CC)=C1C(C)C.Cc1ccc(C(C)C)c(C(C)C)c1.Cc1cccc(C(C)C)c1C(C)O. The lowest BCUT2D eigenvalue weighted by atomic mass is 9.85. The van der Waals surface area contributed by atoms with Crippen molar-refractivity contribution in [3.05, 3.63) is 294 Å². The molecule has 9 aromatic rings. The van der Waals surface area contributed by atoms with Crippen molar-refractivity contribution in [2.24, 2.45) is 10.9 Å². The molecule has 2 fully saturated rings. The van der Waals surface area contributed by atoms with Crippen molar-refractivity contribution in [2.75, 3.05) is 42.5 Å². The third kappa shape index (κ3) is 33.7. The highest BCUT2D eigenvalue weighted by molar-refractivity contribution is 6.02. The molecule has 5 heterocycles. The predicted octanol–water partition coefficient (Wildman–Crippen LogP) is 31.8. The molecule has 0 spiro atoms. The summed E-state index contributed by atoms with van der Waals surface area (Å²) in [6.45, 7) is 68.1. The highest BCUT2D eigenvalue weighted by Gasteiger charge is 2.40. The van der Waals surface area contributed by atoms with Crippen molar-refractivity contribution in [2.45, 2.75) is 335 Å². The second-order valence-corrected chi connectivity index (χ2v) is 37.6. The number of hydrogen-bond acceptors (Lipinski definition) is 9. The number of aliphatic hydroxyl groups is 2. The van der Waals surface area contributed by atoms with Crippen LogP contribution in [0.25, 0.3) is 0 Å². The molecule has 0 aliphatic carbocycles. The number of aliphatic hydroxyl groups excluding tert-OH is 2. The first-order valence-electron chi connectivity index (χ1n) is 46.5. The van der Waals surface area contributed by atoms with E-state index in [-0.39, 0.29) is 50.0 Å². The minimum Gasteiger partial charge on any atom is -0.448 e. The number of allylic oxidation sites excluding steroid dienone is 1. The predicted molar refractivity (Wildman–Crippen MR) is 530 cm³/mol. The third-order valence-corrected chi connectivity index (χ3v) is 23.4. The molecule has 0 bridgehead atoms. The number of para-hydroxylation sites is 1. The molecule has 2 aromatic heterocycles. The average Bonchev–Trinajstić information content (AvgIpc) is 1.78. The number of nitriles is 1. The number of alkyl halides is 4. The maximum atomic E-state index is 13.2. The first-order chi connectivity index (χ1) is 59.2. The van der Waals surface area contributed by atoms with Gasteiger partial charge in [0.1, 0.15) is 11.6 Å². The van der Waals surface area contributed by atoms with Gasteiger partial charge in [-0.25, -0.2) is 27.5 Å². The molecule has 4 unspecified atom stereocenters. The lowest BCUT2D eigenvalue weighted by Gasteiger charge is -2.23. The number of aryl methyl sites for hydroxylation is 3. The van der Waals surface area contributed by atoms with Crippen molar-refractivity contribution in [3.63, 3.8) is 0 Å². The fourth-order valence-electron chi connectivity index (χ4n) is 16.5. The number of aromatic nitrogens is 2. The van der Waals surface area contributed by atoms with E-state index >= 15 is 0 Å². The highest BCUT2D eigenvalue weighted by Crippen LogP contribution is 2.39. The van der Waals surface area contributed by atoms with E-state index in [0.717, 1.165) is 58.0 Å². The Balaban J connectivity index is 0.000000298. The van der Waals surface area contributed by atoms with E-state index in [9.17, 15) is 27.8 Å². The van der Waals surface area contributed by atoms with Gasteiger partial charge in [0.25, 0.3) is 11.8 Å². The number of nitrogens with zero attached hydrogens (tertiary/aromatic N) is 6. The highest BCUT2D eigenvalue weighted by atomic mass is 19.3. The van der Waals surface area contributed by atoms with Gasteiger partial charge in [0.05, 0.1) is 49.7 Å². The molecule has 2 saturated heterocycles. The Bertz CT molecular complexity index is 4780. The maximum absolute atomic E-state index is 13.2. The Labute approximate surface area is 761 Å². The van der Waals surface area contributed by atoms with Gasteiger partial charge in [0, 0.05) is 55.4 Å². The molecule has 0 radical (unpaired) electrons. The average molecular weight is 1720 g/mol. The van der Waals surface area contributed by atoms with Crippen LogP contribution in [0.3, 0.4) is 0 Å². The number of oxazole rings is 1. The topological polar surface area (TPSA) is 122 Å². The Kier molecular flexibility index (Phi) is 45.6. The van der Waals surface area contributed by atoms with Gasteiger partial charge in [0.2, 0.25) is 0 Å². The fraction of sp³-hybridized carbons (Fsp3) is 0.504. The quantitative estimate of drug-likeness (QED) is 0.0572. The summed E-state index contributed by atoms with van der Waals surface area (Å²) in [5.41, 5.74) is 27.9. The second-order valence-electron chi connectivity index (χ2n) is 37.6. The van der Waals surface area contributed by atoms with Gasteiger partial charge in [-0.15, -0.1) is 6.42 Å². The molecule has 4 atom stereocenters. The molecular formula is C113H158F4N6O3. The molecule has 126 heavy (non-hydrogen) atoms. The second kappa shape index (κ2) is 52.8. The lowest BCUT2D eigenvalue weighted by Crippen LogP contribution is -2.26. The van der Waals surface area contributed by atoms with Crippen molar-refractivity contribution >= 4 is 17.2 Å². The van der Waals surface area contributed by atoms with Crippen LogP contribution >= 0.6 is 0 Å². The number of pyridine rings is 1. The number of halogens is 4. The number of rotatable bonds is 20. The minimum atomic E-state index is -2.56. The van der Waals surface area contributed by atoms with Crippen LogP contribution in [0.1, 0.15) is 409 Å². The van der Waals surface area contributed by atoms with Crippen LogP contribution in [-0.2, 0) is 0 Å². The Morgan fingerprint density at radius 2 is 0.913 bits per heavy atom. The largest absolute Gasteiger partial charge is 0.448 e. The molecular weight excluding hydrogens is 1570 g/mol. The molecule has 13 heteroatoms. The van der Waals surface area contributed by atoms with Gasteiger partial charge < -0.3 is 24.4 Å². The molecule has 3 aliphatic heterocycles. The van der Waals surface area contributed by atoms with E-state index in [1.807, 2.05) is 99.6 Å². The van der Waals surface area contributed by atoms with Crippen LogP contribution in [-0.4, -0.2) is 70.5 Å².